The molecular formula is C18H27F2N5O2S. The average Bonchev–Trinajstić information content (AvgIpc) is 3.10. The summed E-state index contributed by atoms with van der Waals surface area (Å²) in [7, 11) is -1.20. The standard InChI is InChI=1S/C18H27F2N5O2S/c1-21-18(22-6-8-24-9-11-28(26,27)12-10-24)23-14-5-7-25(13-14)17-15(19)3-2-4-16(17)20/h2-4,14H,5-13H2,1H3,(H2,21,22,23). The molecule has 0 aliphatic carbocycles. The smallest absolute Gasteiger partial charge is 0.191 e. The molecular weight excluding hydrogens is 388 g/mol. The summed E-state index contributed by atoms with van der Waals surface area (Å²) in [6.45, 7) is 3.53. The van der Waals surface area contributed by atoms with Gasteiger partial charge in [-0.1, -0.05) is 6.07 Å². The molecule has 3 rings (SSSR count). The number of benzene rings is 1. The van der Waals surface area contributed by atoms with Gasteiger partial charge >= 0.3 is 0 Å². The Labute approximate surface area is 164 Å². The Bertz CT molecular complexity index is 784. The molecule has 0 saturated carbocycles. The number of sulfone groups is 1. The summed E-state index contributed by atoms with van der Waals surface area (Å²) in [6.07, 6.45) is 0.748. The lowest BCUT2D eigenvalue weighted by atomic mass is 10.2. The highest BCUT2D eigenvalue weighted by molar-refractivity contribution is 7.91. The fourth-order valence-electron chi connectivity index (χ4n) is 3.57. The van der Waals surface area contributed by atoms with Gasteiger partial charge in [0, 0.05) is 52.4 Å². The maximum absolute atomic E-state index is 14.0. The van der Waals surface area contributed by atoms with E-state index in [1.54, 1.807) is 11.9 Å². The minimum atomic E-state index is -2.87. The number of hydrogen-bond acceptors (Lipinski definition) is 5. The number of nitrogens with zero attached hydrogens (tertiary/aromatic N) is 3. The van der Waals surface area contributed by atoms with Gasteiger partial charge in [-0.2, -0.15) is 0 Å². The summed E-state index contributed by atoms with van der Waals surface area (Å²) < 4.78 is 50.9. The Kier molecular flexibility index (Phi) is 6.71. The van der Waals surface area contributed by atoms with Crippen LogP contribution in [0, 0.1) is 11.6 Å². The van der Waals surface area contributed by atoms with Gasteiger partial charge in [0.1, 0.15) is 17.3 Å². The largest absolute Gasteiger partial charge is 0.365 e. The zero-order valence-electron chi connectivity index (χ0n) is 16.0. The molecule has 2 N–H and O–H groups in total. The molecule has 2 aliphatic rings. The molecule has 0 amide bonds. The van der Waals surface area contributed by atoms with Crippen LogP contribution in [0.1, 0.15) is 6.42 Å². The van der Waals surface area contributed by atoms with Gasteiger partial charge in [0.05, 0.1) is 11.5 Å². The Hall–Kier alpha value is -1.94. The third-order valence-corrected chi connectivity index (χ3v) is 6.77. The number of guanidine groups is 1. The molecule has 7 nitrogen and oxygen atoms in total. The maximum Gasteiger partial charge on any atom is 0.191 e. The summed E-state index contributed by atoms with van der Waals surface area (Å²) in [5.74, 6) is -0.0430. The highest BCUT2D eigenvalue weighted by Crippen LogP contribution is 2.26. The quantitative estimate of drug-likeness (QED) is 0.537. The molecule has 1 aromatic rings. The molecule has 1 aromatic carbocycles. The molecule has 2 aliphatic heterocycles. The van der Waals surface area contributed by atoms with E-state index in [0.717, 1.165) is 13.0 Å². The molecule has 0 bridgehead atoms. The van der Waals surface area contributed by atoms with Gasteiger partial charge in [-0.25, -0.2) is 17.2 Å². The van der Waals surface area contributed by atoms with Crippen molar-refractivity contribution in [2.24, 2.45) is 4.99 Å². The van der Waals surface area contributed by atoms with Crippen LogP contribution >= 0.6 is 0 Å². The zero-order chi connectivity index (χ0) is 20.1. The molecule has 1 unspecified atom stereocenters. The SMILES string of the molecule is CN=C(NCCN1CCS(=O)(=O)CC1)NC1CCN(c2c(F)cccc2F)C1. The van der Waals surface area contributed by atoms with Gasteiger partial charge in [-0.15, -0.1) is 0 Å². The topological polar surface area (TPSA) is 77.0 Å². The van der Waals surface area contributed by atoms with E-state index in [1.165, 1.54) is 18.2 Å². The van der Waals surface area contributed by atoms with Crippen molar-refractivity contribution in [2.75, 3.05) is 62.7 Å². The van der Waals surface area contributed by atoms with E-state index in [4.69, 9.17) is 0 Å². The van der Waals surface area contributed by atoms with Crippen molar-refractivity contribution in [2.45, 2.75) is 12.5 Å². The van der Waals surface area contributed by atoms with Gasteiger partial charge in [0.2, 0.25) is 0 Å². The second-order valence-corrected chi connectivity index (χ2v) is 9.44. The minimum absolute atomic E-state index is 0.0230. The van der Waals surface area contributed by atoms with Crippen LogP contribution in [0.3, 0.4) is 0 Å². The predicted octanol–water partition coefficient (Wildman–Crippen LogP) is 0.439. The number of anilines is 1. The van der Waals surface area contributed by atoms with Crippen LogP contribution in [-0.4, -0.2) is 83.1 Å². The number of hydrogen-bond donors (Lipinski definition) is 2. The summed E-state index contributed by atoms with van der Waals surface area (Å²) >= 11 is 0. The number of halogens is 2. The molecule has 0 spiro atoms. The molecule has 28 heavy (non-hydrogen) atoms. The number of rotatable bonds is 5. The zero-order valence-corrected chi connectivity index (χ0v) is 16.8. The lowest BCUT2D eigenvalue weighted by Gasteiger charge is -2.27. The van der Waals surface area contributed by atoms with Crippen LogP contribution in [0.25, 0.3) is 0 Å². The highest BCUT2D eigenvalue weighted by Gasteiger charge is 2.27. The first-order valence-corrected chi connectivity index (χ1v) is 11.3. The normalized spacial score (nSPS) is 23.0. The molecule has 2 fully saturated rings. The Morgan fingerprint density at radius 1 is 1.21 bits per heavy atom. The molecule has 0 radical (unpaired) electrons. The summed E-state index contributed by atoms with van der Waals surface area (Å²) in [5.41, 5.74) is 0.0230. The number of para-hydroxylation sites is 1. The van der Waals surface area contributed by atoms with Crippen LogP contribution < -0.4 is 15.5 Å². The van der Waals surface area contributed by atoms with Crippen molar-refractivity contribution in [3.05, 3.63) is 29.8 Å². The molecule has 156 valence electrons. The first-order valence-electron chi connectivity index (χ1n) is 9.47. The van der Waals surface area contributed by atoms with E-state index in [2.05, 4.69) is 20.5 Å². The molecule has 10 heteroatoms. The van der Waals surface area contributed by atoms with Crippen molar-refractivity contribution in [1.82, 2.24) is 15.5 Å². The molecule has 1 atom stereocenters. The lowest BCUT2D eigenvalue weighted by Crippen LogP contribution is -2.48. The lowest BCUT2D eigenvalue weighted by molar-refractivity contribution is 0.299. The number of nitrogens with one attached hydrogen (secondary N) is 2. The first kappa shape index (κ1) is 20.8. The van der Waals surface area contributed by atoms with E-state index in [0.29, 0.717) is 38.7 Å². The van der Waals surface area contributed by atoms with Crippen molar-refractivity contribution >= 4 is 21.5 Å². The summed E-state index contributed by atoms with van der Waals surface area (Å²) in [5, 5.41) is 6.52. The Morgan fingerprint density at radius 2 is 1.89 bits per heavy atom. The Morgan fingerprint density at radius 3 is 2.54 bits per heavy atom. The second-order valence-electron chi connectivity index (χ2n) is 7.14. The fourth-order valence-corrected chi connectivity index (χ4v) is 4.84. The van der Waals surface area contributed by atoms with E-state index >= 15 is 0 Å². The highest BCUT2D eigenvalue weighted by atomic mass is 32.2. The van der Waals surface area contributed by atoms with Crippen LogP contribution in [0.5, 0.6) is 0 Å². The summed E-state index contributed by atoms with van der Waals surface area (Å²) in [4.78, 5) is 8.03. The fraction of sp³-hybridized carbons (Fsp3) is 0.611. The van der Waals surface area contributed by atoms with Crippen molar-refractivity contribution in [3.63, 3.8) is 0 Å². The third-order valence-electron chi connectivity index (χ3n) is 5.16. The van der Waals surface area contributed by atoms with Gasteiger partial charge in [0.25, 0.3) is 0 Å². The second kappa shape index (κ2) is 9.04. The monoisotopic (exact) mass is 415 g/mol. The Balaban J connectivity index is 1.44. The van der Waals surface area contributed by atoms with Crippen molar-refractivity contribution in [3.8, 4) is 0 Å². The van der Waals surface area contributed by atoms with Crippen LogP contribution in [0.2, 0.25) is 0 Å². The van der Waals surface area contributed by atoms with Crippen molar-refractivity contribution in [1.29, 1.82) is 0 Å². The van der Waals surface area contributed by atoms with Crippen LogP contribution in [-0.2, 0) is 9.84 Å². The summed E-state index contributed by atoms with van der Waals surface area (Å²) in [6, 6.07) is 3.94. The average molecular weight is 416 g/mol. The predicted molar refractivity (Wildman–Crippen MR) is 107 cm³/mol. The molecule has 2 heterocycles. The van der Waals surface area contributed by atoms with Crippen molar-refractivity contribution < 1.29 is 17.2 Å². The van der Waals surface area contributed by atoms with Gasteiger partial charge in [-0.05, 0) is 18.6 Å². The first-order chi connectivity index (χ1) is 13.4. The maximum atomic E-state index is 14.0. The van der Waals surface area contributed by atoms with Crippen LogP contribution in [0.15, 0.2) is 23.2 Å². The van der Waals surface area contributed by atoms with E-state index < -0.39 is 21.5 Å². The van der Waals surface area contributed by atoms with E-state index in [-0.39, 0.29) is 23.2 Å². The van der Waals surface area contributed by atoms with E-state index in [9.17, 15) is 17.2 Å². The van der Waals surface area contributed by atoms with Gasteiger partial charge in [0.15, 0.2) is 15.8 Å². The van der Waals surface area contributed by atoms with E-state index in [1.807, 2.05) is 0 Å². The van der Waals surface area contributed by atoms with Gasteiger partial charge < -0.3 is 15.5 Å². The molecule has 0 aromatic heterocycles. The van der Waals surface area contributed by atoms with Crippen LogP contribution in [0.4, 0.5) is 14.5 Å². The minimum Gasteiger partial charge on any atom is -0.365 e. The third kappa shape index (κ3) is 5.32. The van der Waals surface area contributed by atoms with Gasteiger partial charge in [-0.3, -0.25) is 9.89 Å². The number of aliphatic imine (C=N–C) groups is 1. The molecule has 2 saturated heterocycles.